The van der Waals surface area contributed by atoms with E-state index in [1.807, 2.05) is 0 Å². The van der Waals surface area contributed by atoms with E-state index in [2.05, 4.69) is 9.97 Å². The summed E-state index contributed by atoms with van der Waals surface area (Å²) in [7, 11) is 0. The first-order chi connectivity index (χ1) is 7.22. The fourth-order valence-corrected chi connectivity index (χ4v) is 1.62. The highest BCUT2D eigenvalue weighted by Gasteiger charge is 2.56. The van der Waals surface area contributed by atoms with Crippen LogP contribution in [0.5, 0.6) is 0 Å². The number of aliphatic carboxylic acids is 1. The van der Waals surface area contributed by atoms with Crippen LogP contribution >= 0.6 is 0 Å². The van der Waals surface area contributed by atoms with Gasteiger partial charge in [-0.15, -0.1) is 0 Å². The summed E-state index contributed by atoms with van der Waals surface area (Å²) in [6.45, 7) is 0. The number of fused-ring (bicyclic) bond motifs is 1. The number of carbonyl (C=O) groups is 1. The number of carboxylic acids is 1. The van der Waals surface area contributed by atoms with Crippen LogP contribution in [-0.4, -0.2) is 21.0 Å². The van der Waals surface area contributed by atoms with Gasteiger partial charge in [-0.25, -0.2) is 4.98 Å². The van der Waals surface area contributed by atoms with Crippen LogP contribution in [0.2, 0.25) is 0 Å². The summed E-state index contributed by atoms with van der Waals surface area (Å²) >= 11 is 0. The van der Waals surface area contributed by atoms with Gasteiger partial charge in [-0.2, -0.15) is 4.98 Å². The largest absolute Gasteiger partial charge is 0.480 e. The third kappa shape index (κ3) is 1.06. The molecule has 1 saturated carbocycles. The summed E-state index contributed by atoms with van der Waals surface area (Å²) in [6, 6.07) is 3.47. The molecule has 0 unspecified atom stereocenters. The van der Waals surface area contributed by atoms with Crippen molar-refractivity contribution in [2.24, 2.45) is 0 Å². The Morgan fingerprint density at radius 3 is 2.93 bits per heavy atom. The highest BCUT2D eigenvalue weighted by atomic mass is 16.4. The Morgan fingerprint density at radius 2 is 2.33 bits per heavy atom. The maximum absolute atomic E-state index is 11.0. The molecule has 0 bridgehead atoms. The molecular formula is C10H8N2O3. The molecule has 15 heavy (non-hydrogen) atoms. The number of rotatable bonds is 2. The maximum Gasteiger partial charge on any atom is 0.319 e. The number of hydrogen-bond acceptors (Lipinski definition) is 4. The van der Waals surface area contributed by atoms with Gasteiger partial charge in [0.1, 0.15) is 5.41 Å². The number of pyridine rings is 1. The van der Waals surface area contributed by atoms with Gasteiger partial charge in [0.05, 0.1) is 0 Å². The van der Waals surface area contributed by atoms with Crippen LogP contribution in [-0.2, 0) is 10.2 Å². The zero-order valence-electron chi connectivity index (χ0n) is 7.80. The van der Waals surface area contributed by atoms with E-state index in [0.29, 0.717) is 24.1 Å². The smallest absolute Gasteiger partial charge is 0.319 e. The van der Waals surface area contributed by atoms with Crippen molar-refractivity contribution < 1.29 is 14.3 Å². The Hall–Kier alpha value is -1.91. The van der Waals surface area contributed by atoms with Gasteiger partial charge < -0.3 is 9.52 Å². The molecule has 1 fully saturated rings. The summed E-state index contributed by atoms with van der Waals surface area (Å²) in [6.07, 6.45) is 2.79. The number of aromatic nitrogens is 2. The molecule has 0 aromatic carbocycles. The van der Waals surface area contributed by atoms with E-state index in [-0.39, 0.29) is 5.89 Å². The van der Waals surface area contributed by atoms with Crippen LogP contribution in [0.25, 0.3) is 11.2 Å². The highest BCUT2D eigenvalue weighted by molar-refractivity contribution is 5.84. The molecule has 0 saturated heterocycles. The average molecular weight is 204 g/mol. The van der Waals surface area contributed by atoms with Crippen molar-refractivity contribution in [2.75, 3.05) is 0 Å². The van der Waals surface area contributed by atoms with Gasteiger partial charge >= 0.3 is 5.97 Å². The summed E-state index contributed by atoms with van der Waals surface area (Å²) in [4.78, 5) is 19.2. The van der Waals surface area contributed by atoms with Crippen LogP contribution in [0.4, 0.5) is 0 Å². The predicted octanol–water partition coefficient (Wildman–Crippen LogP) is 1.34. The first-order valence-electron chi connectivity index (χ1n) is 4.68. The van der Waals surface area contributed by atoms with E-state index >= 15 is 0 Å². The fraction of sp³-hybridized carbons (Fsp3) is 0.300. The van der Waals surface area contributed by atoms with Crippen molar-refractivity contribution in [2.45, 2.75) is 18.3 Å². The van der Waals surface area contributed by atoms with Crippen molar-refractivity contribution in [3.05, 3.63) is 24.2 Å². The van der Waals surface area contributed by atoms with E-state index in [9.17, 15) is 4.79 Å². The summed E-state index contributed by atoms with van der Waals surface area (Å²) < 4.78 is 5.40. The van der Waals surface area contributed by atoms with Crippen molar-refractivity contribution >= 4 is 17.2 Å². The van der Waals surface area contributed by atoms with Crippen LogP contribution in [0, 0.1) is 0 Å². The van der Waals surface area contributed by atoms with Gasteiger partial charge in [0.15, 0.2) is 11.2 Å². The standard InChI is InChI=1S/C10H8N2O3/c13-9(14)10(3-4-10)8-12-7-6(15-8)2-1-5-11-7/h1-2,5H,3-4H2,(H,13,14). The second kappa shape index (κ2) is 2.56. The van der Waals surface area contributed by atoms with Gasteiger partial charge in [0, 0.05) is 6.20 Å². The molecule has 3 rings (SSSR count). The summed E-state index contributed by atoms with van der Waals surface area (Å²) in [5.41, 5.74) is 0.126. The van der Waals surface area contributed by atoms with Gasteiger partial charge in [0.2, 0.25) is 5.89 Å². The van der Waals surface area contributed by atoms with Crippen LogP contribution < -0.4 is 0 Å². The molecule has 76 valence electrons. The van der Waals surface area contributed by atoms with Crippen LogP contribution in [0.1, 0.15) is 18.7 Å². The fourth-order valence-electron chi connectivity index (χ4n) is 1.62. The minimum atomic E-state index is -0.888. The van der Waals surface area contributed by atoms with Crippen LogP contribution in [0.15, 0.2) is 22.7 Å². The van der Waals surface area contributed by atoms with E-state index in [1.165, 1.54) is 0 Å². The lowest BCUT2D eigenvalue weighted by Gasteiger charge is -2.01. The Kier molecular flexibility index (Phi) is 1.44. The Morgan fingerprint density at radius 1 is 1.53 bits per heavy atom. The van der Waals surface area contributed by atoms with E-state index < -0.39 is 11.4 Å². The molecule has 1 aliphatic rings. The van der Waals surface area contributed by atoms with E-state index in [1.54, 1.807) is 18.3 Å². The van der Waals surface area contributed by atoms with Gasteiger partial charge in [0.25, 0.3) is 0 Å². The van der Waals surface area contributed by atoms with Crippen molar-refractivity contribution in [3.8, 4) is 0 Å². The number of carboxylic acid groups (broad SMARTS) is 1. The average Bonchev–Trinajstić information content (AvgIpc) is 2.93. The summed E-state index contributed by atoms with van der Waals surface area (Å²) in [5, 5.41) is 9.06. The lowest BCUT2D eigenvalue weighted by atomic mass is 10.1. The third-order valence-electron chi connectivity index (χ3n) is 2.73. The quantitative estimate of drug-likeness (QED) is 0.798. The molecule has 0 atom stereocenters. The van der Waals surface area contributed by atoms with E-state index in [0.717, 1.165) is 0 Å². The number of oxazole rings is 1. The lowest BCUT2D eigenvalue weighted by Crippen LogP contribution is -2.19. The minimum Gasteiger partial charge on any atom is -0.480 e. The zero-order chi connectivity index (χ0) is 10.5. The molecule has 1 aliphatic carbocycles. The molecule has 5 heteroatoms. The lowest BCUT2D eigenvalue weighted by molar-refractivity contribution is -0.140. The second-order valence-electron chi connectivity index (χ2n) is 3.73. The van der Waals surface area contributed by atoms with Crippen molar-refractivity contribution in [1.82, 2.24) is 9.97 Å². The monoisotopic (exact) mass is 204 g/mol. The Bertz CT molecular complexity index is 509. The molecule has 0 spiro atoms. The minimum absolute atomic E-state index is 0.281. The van der Waals surface area contributed by atoms with Crippen molar-refractivity contribution in [3.63, 3.8) is 0 Å². The predicted molar refractivity (Wildman–Crippen MR) is 50.4 cm³/mol. The molecule has 2 aromatic heterocycles. The van der Waals surface area contributed by atoms with Gasteiger partial charge in [-0.3, -0.25) is 4.79 Å². The molecule has 0 aliphatic heterocycles. The Balaban J connectivity index is 2.17. The first kappa shape index (κ1) is 8.40. The first-order valence-corrected chi connectivity index (χ1v) is 4.68. The number of nitrogens with zero attached hydrogens (tertiary/aromatic N) is 2. The summed E-state index contributed by atoms with van der Waals surface area (Å²) in [5.74, 6) is -0.585. The molecule has 0 amide bonds. The van der Waals surface area contributed by atoms with Gasteiger partial charge in [-0.1, -0.05) is 0 Å². The Labute approximate surface area is 84.8 Å². The van der Waals surface area contributed by atoms with Crippen LogP contribution in [0.3, 0.4) is 0 Å². The van der Waals surface area contributed by atoms with E-state index in [4.69, 9.17) is 9.52 Å². The molecule has 2 aromatic rings. The van der Waals surface area contributed by atoms with Gasteiger partial charge in [-0.05, 0) is 25.0 Å². The third-order valence-corrected chi connectivity index (χ3v) is 2.73. The maximum atomic E-state index is 11.0. The zero-order valence-corrected chi connectivity index (χ0v) is 7.80. The van der Waals surface area contributed by atoms with Crippen molar-refractivity contribution in [1.29, 1.82) is 0 Å². The highest BCUT2D eigenvalue weighted by Crippen LogP contribution is 2.48. The second-order valence-corrected chi connectivity index (χ2v) is 3.73. The molecular weight excluding hydrogens is 196 g/mol. The molecule has 2 heterocycles. The molecule has 5 nitrogen and oxygen atoms in total. The molecule has 1 N–H and O–H groups in total. The number of hydrogen-bond donors (Lipinski definition) is 1. The normalized spacial score (nSPS) is 17.9. The molecule has 0 radical (unpaired) electrons. The topological polar surface area (TPSA) is 76.2 Å². The SMILES string of the molecule is O=C(O)C1(c2nc3ncccc3o2)CC1.